The van der Waals surface area contributed by atoms with Crippen molar-refractivity contribution in [1.82, 2.24) is 4.57 Å². The third kappa shape index (κ3) is 1.26. The average molecular weight is 271 g/mol. The Morgan fingerprint density at radius 1 is 0.950 bits per heavy atom. The molecule has 106 valence electrons. The first-order valence-corrected chi connectivity index (χ1v) is 8.05. The van der Waals surface area contributed by atoms with E-state index in [1.165, 1.54) is 25.7 Å². The van der Waals surface area contributed by atoms with Crippen LogP contribution in [0, 0.1) is 17.8 Å². The van der Waals surface area contributed by atoms with Gasteiger partial charge in [-0.05, 0) is 43.4 Å². The summed E-state index contributed by atoms with van der Waals surface area (Å²) in [5.74, 6) is 3.75. The van der Waals surface area contributed by atoms with Gasteiger partial charge >= 0.3 is 0 Å². The Bertz CT molecular complexity index is 579. The molecular formula is C17H21NO2. The lowest BCUT2D eigenvalue weighted by molar-refractivity contribution is 0.263. The van der Waals surface area contributed by atoms with Crippen molar-refractivity contribution < 1.29 is 10.2 Å². The zero-order chi connectivity index (χ0) is 13.4. The van der Waals surface area contributed by atoms with Crippen molar-refractivity contribution in [2.75, 3.05) is 0 Å². The highest BCUT2D eigenvalue weighted by Crippen LogP contribution is 2.57. The van der Waals surface area contributed by atoms with Gasteiger partial charge < -0.3 is 10.2 Å². The summed E-state index contributed by atoms with van der Waals surface area (Å²) in [6, 6.07) is 0. The van der Waals surface area contributed by atoms with Crippen molar-refractivity contribution >= 4 is 0 Å². The maximum absolute atomic E-state index is 10.6. The van der Waals surface area contributed by atoms with E-state index in [1.807, 2.05) is 4.57 Å². The molecule has 0 spiro atoms. The van der Waals surface area contributed by atoms with Crippen molar-refractivity contribution in [3.8, 4) is 11.8 Å². The van der Waals surface area contributed by atoms with Gasteiger partial charge in [-0.2, -0.15) is 0 Å². The van der Waals surface area contributed by atoms with Gasteiger partial charge in [-0.15, -0.1) is 0 Å². The number of hydrogen-bond donors (Lipinski definition) is 2. The molecule has 1 heterocycles. The molecule has 0 aromatic carbocycles. The Kier molecular flexibility index (Phi) is 2.05. The molecule has 4 aliphatic carbocycles. The Labute approximate surface area is 118 Å². The van der Waals surface area contributed by atoms with Crippen molar-refractivity contribution in [1.29, 1.82) is 0 Å². The van der Waals surface area contributed by atoms with Crippen LogP contribution in [0.25, 0.3) is 0 Å². The van der Waals surface area contributed by atoms with Crippen LogP contribution < -0.4 is 0 Å². The number of aromatic nitrogens is 1. The molecule has 4 bridgehead atoms. The molecule has 1 aromatic heterocycles. The van der Waals surface area contributed by atoms with Crippen LogP contribution in [0.15, 0.2) is 12.2 Å². The summed E-state index contributed by atoms with van der Waals surface area (Å²) < 4.78 is 1.81. The zero-order valence-corrected chi connectivity index (χ0v) is 11.6. The second-order valence-electron chi connectivity index (χ2n) is 7.35. The van der Waals surface area contributed by atoms with E-state index < -0.39 is 0 Å². The molecule has 20 heavy (non-hydrogen) atoms. The molecule has 0 amide bonds. The van der Waals surface area contributed by atoms with Crippen molar-refractivity contribution in [3.05, 3.63) is 23.3 Å². The van der Waals surface area contributed by atoms with E-state index in [9.17, 15) is 10.2 Å². The Balaban J connectivity index is 1.51. The lowest BCUT2D eigenvalue weighted by Gasteiger charge is -2.23. The lowest BCUT2D eigenvalue weighted by Crippen LogP contribution is -2.17. The van der Waals surface area contributed by atoms with Crippen molar-refractivity contribution in [3.63, 3.8) is 0 Å². The van der Waals surface area contributed by atoms with Gasteiger partial charge in [0.2, 0.25) is 0 Å². The molecule has 5 rings (SSSR count). The lowest BCUT2D eigenvalue weighted by atomic mass is 9.89. The third-order valence-corrected chi connectivity index (χ3v) is 6.41. The standard InChI is InChI=1S/C17H21NO2/c19-16-14-11-3-4-12(7-11)15(14)17(20)18(16)8-13-6-9-1-2-10(13)5-9/h3-4,9-13,19-20H,1-2,5-8H2. The number of fused-ring (bicyclic) bond motifs is 7. The number of nitrogens with zero attached hydrogens (tertiary/aromatic N) is 1. The first kappa shape index (κ1) is 11.3. The number of aromatic hydroxyl groups is 2. The summed E-state index contributed by atoms with van der Waals surface area (Å²) in [7, 11) is 0. The van der Waals surface area contributed by atoms with Gasteiger partial charge in [-0.3, -0.25) is 4.57 Å². The highest BCUT2D eigenvalue weighted by atomic mass is 16.3. The molecule has 2 N–H and O–H groups in total. The summed E-state index contributed by atoms with van der Waals surface area (Å²) in [6.45, 7) is 0.811. The van der Waals surface area contributed by atoms with E-state index in [1.54, 1.807) is 0 Å². The first-order chi connectivity index (χ1) is 9.72. The van der Waals surface area contributed by atoms with Crippen molar-refractivity contribution in [2.24, 2.45) is 17.8 Å². The average Bonchev–Trinajstić information content (AvgIpc) is 3.21. The van der Waals surface area contributed by atoms with E-state index in [0.717, 1.165) is 35.9 Å². The number of allylic oxidation sites excluding steroid dienone is 2. The summed E-state index contributed by atoms with van der Waals surface area (Å²) in [5, 5.41) is 21.1. The van der Waals surface area contributed by atoms with Crippen LogP contribution in [0.2, 0.25) is 0 Å². The molecule has 3 heteroatoms. The Morgan fingerprint density at radius 2 is 1.65 bits per heavy atom. The van der Waals surface area contributed by atoms with Crippen LogP contribution in [-0.4, -0.2) is 14.8 Å². The van der Waals surface area contributed by atoms with Gasteiger partial charge in [0.05, 0.1) is 0 Å². The first-order valence-electron chi connectivity index (χ1n) is 8.05. The number of hydrogen-bond acceptors (Lipinski definition) is 2. The molecular weight excluding hydrogens is 250 g/mol. The molecule has 2 fully saturated rings. The SMILES string of the molecule is Oc1c2c(c(O)n1CC1CC3CCC1C3)C1C=CC2C1. The molecule has 4 aliphatic rings. The fourth-order valence-corrected chi connectivity index (χ4v) is 5.50. The number of rotatable bonds is 2. The van der Waals surface area contributed by atoms with Crippen LogP contribution in [0.1, 0.15) is 55.1 Å². The van der Waals surface area contributed by atoms with E-state index >= 15 is 0 Å². The fraction of sp³-hybridized carbons (Fsp3) is 0.647. The van der Waals surface area contributed by atoms with E-state index in [-0.39, 0.29) is 0 Å². The molecule has 3 nitrogen and oxygen atoms in total. The summed E-state index contributed by atoms with van der Waals surface area (Å²) in [5.41, 5.74) is 2.02. The van der Waals surface area contributed by atoms with Crippen LogP contribution >= 0.6 is 0 Å². The normalized spacial score (nSPS) is 39.9. The van der Waals surface area contributed by atoms with Crippen LogP contribution in [0.3, 0.4) is 0 Å². The van der Waals surface area contributed by atoms with Gasteiger partial charge in [0, 0.05) is 29.5 Å². The predicted molar refractivity (Wildman–Crippen MR) is 75.9 cm³/mol. The summed E-state index contributed by atoms with van der Waals surface area (Å²) in [6.07, 6.45) is 10.8. The predicted octanol–water partition coefficient (Wildman–Crippen LogP) is 3.48. The fourth-order valence-electron chi connectivity index (χ4n) is 5.50. The maximum atomic E-state index is 10.6. The zero-order valence-electron chi connectivity index (χ0n) is 11.6. The molecule has 5 unspecified atom stereocenters. The van der Waals surface area contributed by atoms with Gasteiger partial charge in [-0.25, -0.2) is 0 Å². The van der Waals surface area contributed by atoms with E-state index in [4.69, 9.17) is 0 Å². The second kappa shape index (κ2) is 3.63. The molecule has 1 aromatic rings. The van der Waals surface area contributed by atoms with Gasteiger partial charge in [0.1, 0.15) is 0 Å². The summed E-state index contributed by atoms with van der Waals surface area (Å²) >= 11 is 0. The van der Waals surface area contributed by atoms with Gasteiger partial charge in [-0.1, -0.05) is 18.6 Å². The van der Waals surface area contributed by atoms with E-state index in [2.05, 4.69) is 12.2 Å². The Hall–Kier alpha value is -1.38. The largest absolute Gasteiger partial charge is 0.494 e. The minimum Gasteiger partial charge on any atom is -0.494 e. The van der Waals surface area contributed by atoms with Gasteiger partial charge in [0.25, 0.3) is 0 Å². The van der Waals surface area contributed by atoms with Crippen molar-refractivity contribution in [2.45, 2.75) is 50.5 Å². The quantitative estimate of drug-likeness (QED) is 0.809. The highest BCUT2D eigenvalue weighted by molar-refractivity contribution is 5.58. The highest BCUT2D eigenvalue weighted by Gasteiger charge is 2.43. The van der Waals surface area contributed by atoms with Crippen LogP contribution in [0.4, 0.5) is 0 Å². The minimum absolute atomic E-state index is 0.335. The van der Waals surface area contributed by atoms with Crippen LogP contribution in [-0.2, 0) is 6.54 Å². The maximum Gasteiger partial charge on any atom is 0.198 e. The molecule has 0 radical (unpaired) electrons. The molecule has 0 saturated heterocycles. The third-order valence-electron chi connectivity index (χ3n) is 6.41. The Morgan fingerprint density at radius 3 is 2.20 bits per heavy atom. The molecule has 0 aliphatic heterocycles. The molecule has 5 atom stereocenters. The second-order valence-corrected chi connectivity index (χ2v) is 7.35. The van der Waals surface area contributed by atoms with Crippen LogP contribution in [0.5, 0.6) is 11.8 Å². The summed E-state index contributed by atoms with van der Waals surface area (Å²) in [4.78, 5) is 0. The van der Waals surface area contributed by atoms with E-state index in [0.29, 0.717) is 29.5 Å². The topological polar surface area (TPSA) is 45.4 Å². The monoisotopic (exact) mass is 271 g/mol. The minimum atomic E-state index is 0.335. The van der Waals surface area contributed by atoms with Gasteiger partial charge in [0.15, 0.2) is 11.8 Å². The molecule has 2 saturated carbocycles. The smallest absolute Gasteiger partial charge is 0.198 e.